The third-order valence-corrected chi connectivity index (χ3v) is 2.85. The van der Waals surface area contributed by atoms with Gasteiger partial charge in [0.25, 0.3) is 0 Å². The van der Waals surface area contributed by atoms with Crippen molar-refractivity contribution in [3.05, 3.63) is 0 Å². The maximum atomic E-state index is 12.0. The van der Waals surface area contributed by atoms with Crippen LogP contribution in [0.2, 0.25) is 0 Å². The highest BCUT2D eigenvalue weighted by Gasteiger charge is 2.27. The summed E-state index contributed by atoms with van der Waals surface area (Å²) in [6.07, 6.45) is -0.535. The lowest BCUT2D eigenvalue weighted by molar-refractivity contribution is -0.119. The Bertz CT molecular complexity index is 241. The van der Waals surface area contributed by atoms with Crippen molar-refractivity contribution in [2.24, 2.45) is 0 Å². The number of amides is 1. The lowest BCUT2D eigenvalue weighted by Gasteiger charge is -2.22. The molecule has 15 heavy (non-hydrogen) atoms. The highest BCUT2D eigenvalue weighted by molar-refractivity contribution is 7.51. The number of rotatable bonds is 6. The van der Waals surface area contributed by atoms with E-state index >= 15 is 0 Å². The van der Waals surface area contributed by atoms with Crippen molar-refractivity contribution >= 4 is 13.7 Å². The Hall–Kier alpha value is -0.420. The Balaban J connectivity index is 4.40. The van der Waals surface area contributed by atoms with E-state index in [4.69, 9.17) is 9.05 Å². The summed E-state index contributed by atoms with van der Waals surface area (Å²) < 4.78 is 22.2. The summed E-state index contributed by atoms with van der Waals surface area (Å²) >= 11 is 0. The number of hydrogen-bond donors (Lipinski definition) is 2. The molecule has 0 aliphatic rings. The summed E-state index contributed by atoms with van der Waals surface area (Å²) in [6.45, 7) is 8.21. The molecule has 0 aromatic heterocycles. The van der Waals surface area contributed by atoms with E-state index in [1.807, 2.05) is 0 Å². The molecule has 0 atom stereocenters. The van der Waals surface area contributed by atoms with Crippen LogP contribution in [0.25, 0.3) is 0 Å². The Morgan fingerprint density at radius 1 is 1.13 bits per heavy atom. The van der Waals surface area contributed by atoms with Gasteiger partial charge in [0.2, 0.25) is 5.91 Å². The molecule has 1 amide bonds. The molecule has 0 unspecified atom stereocenters. The maximum Gasteiger partial charge on any atom is 0.423 e. The van der Waals surface area contributed by atoms with Crippen LogP contribution in [-0.4, -0.2) is 18.1 Å². The molecule has 0 aromatic rings. The van der Waals surface area contributed by atoms with Crippen molar-refractivity contribution in [2.45, 2.75) is 46.8 Å². The van der Waals surface area contributed by atoms with Gasteiger partial charge in [-0.1, -0.05) is 0 Å². The van der Waals surface area contributed by atoms with Gasteiger partial charge in [-0.15, -0.1) is 5.20 Å². The van der Waals surface area contributed by atoms with Gasteiger partial charge >= 0.3 is 7.75 Å². The number of hydrazine groups is 1. The van der Waals surface area contributed by atoms with E-state index in [9.17, 15) is 9.36 Å². The molecule has 0 saturated carbocycles. The number of hydrogen-bond acceptors (Lipinski definition) is 4. The summed E-state index contributed by atoms with van der Waals surface area (Å²) in [5.41, 5.74) is 2.19. The van der Waals surface area contributed by atoms with Crippen LogP contribution in [0.1, 0.15) is 34.6 Å². The molecule has 6 nitrogen and oxygen atoms in total. The van der Waals surface area contributed by atoms with E-state index in [1.54, 1.807) is 27.7 Å². The lowest BCUT2D eigenvalue weighted by atomic mass is 10.5. The predicted molar refractivity (Wildman–Crippen MR) is 57.0 cm³/mol. The highest BCUT2D eigenvalue weighted by atomic mass is 31.2. The van der Waals surface area contributed by atoms with Crippen LogP contribution in [0, 0.1) is 0 Å². The first kappa shape index (κ1) is 14.6. The maximum absolute atomic E-state index is 12.0. The third-order valence-electron chi connectivity index (χ3n) is 1.07. The molecular weight excluding hydrogens is 219 g/mol. The third kappa shape index (κ3) is 7.50. The minimum atomic E-state index is -3.47. The average molecular weight is 238 g/mol. The molecule has 0 aromatic carbocycles. The highest BCUT2D eigenvalue weighted by Crippen LogP contribution is 2.45. The van der Waals surface area contributed by atoms with Crippen molar-refractivity contribution in [3.8, 4) is 0 Å². The van der Waals surface area contributed by atoms with Gasteiger partial charge in [0.15, 0.2) is 0 Å². The molecule has 0 heterocycles. The van der Waals surface area contributed by atoms with Crippen molar-refractivity contribution in [2.75, 3.05) is 0 Å². The normalized spacial score (nSPS) is 12.2. The summed E-state index contributed by atoms with van der Waals surface area (Å²) in [5.74, 6) is -0.366. The van der Waals surface area contributed by atoms with Crippen LogP contribution in [0.3, 0.4) is 0 Å². The topological polar surface area (TPSA) is 76.7 Å². The van der Waals surface area contributed by atoms with Crippen LogP contribution in [0.15, 0.2) is 0 Å². The summed E-state index contributed by atoms with van der Waals surface area (Å²) in [5, 5.41) is 2.27. The van der Waals surface area contributed by atoms with Gasteiger partial charge in [-0.25, -0.2) is 4.57 Å². The van der Waals surface area contributed by atoms with E-state index in [1.165, 1.54) is 6.92 Å². The largest absolute Gasteiger partial charge is 0.423 e. The van der Waals surface area contributed by atoms with Crippen molar-refractivity contribution in [1.82, 2.24) is 10.6 Å². The van der Waals surface area contributed by atoms with E-state index in [0.29, 0.717) is 0 Å². The second-order valence-electron chi connectivity index (χ2n) is 3.60. The van der Waals surface area contributed by atoms with Crippen molar-refractivity contribution < 1.29 is 18.4 Å². The summed E-state index contributed by atoms with van der Waals surface area (Å²) in [6, 6.07) is 0. The fourth-order valence-electron chi connectivity index (χ4n) is 0.780. The molecule has 0 radical (unpaired) electrons. The van der Waals surface area contributed by atoms with Crippen LogP contribution in [-0.2, 0) is 18.4 Å². The fraction of sp³-hybridized carbons (Fsp3) is 0.875. The summed E-state index contributed by atoms with van der Waals surface area (Å²) in [4.78, 5) is 10.7. The molecule has 0 aliphatic heterocycles. The first-order valence-electron chi connectivity index (χ1n) is 4.76. The molecule has 7 heteroatoms. The summed E-state index contributed by atoms with van der Waals surface area (Å²) in [7, 11) is -3.47. The Morgan fingerprint density at radius 3 is 1.80 bits per heavy atom. The van der Waals surface area contributed by atoms with Gasteiger partial charge in [0, 0.05) is 6.92 Å². The van der Waals surface area contributed by atoms with E-state index in [2.05, 4.69) is 10.6 Å². The molecule has 0 bridgehead atoms. The first-order valence-corrected chi connectivity index (χ1v) is 6.30. The van der Waals surface area contributed by atoms with Crippen LogP contribution < -0.4 is 10.6 Å². The van der Waals surface area contributed by atoms with Crippen LogP contribution in [0.5, 0.6) is 0 Å². The van der Waals surface area contributed by atoms with E-state index < -0.39 is 7.75 Å². The Morgan fingerprint density at radius 2 is 1.53 bits per heavy atom. The zero-order valence-electron chi connectivity index (χ0n) is 9.73. The smallest absolute Gasteiger partial charge is 0.293 e. The van der Waals surface area contributed by atoms with E-state index in [0.717, 1.165) is 0 Å². The molecule has 0 rings (SSSR count). The quantitative estimate of drug-likeness (QED) is 0.542. The Labute approximate surface area is 90.3 Å². The molecule has 0 spiro atoms. The number of carbonyl (C=O) groups excluding carboxylic acids is 1. The first-order chi connectivity index (χ1) is 6.75. The predicted octanol–water partition coefficient (Wildman–Crippen LogP) is 1.59. The minimum Gasteiger partial charge on any atom is -0.293 e. The minimum absolute atomic E-state index is 0.268. The second kappa shape index (κ2) is 6.23. The molecular formula is C8H19N2O4P. The second-order valence-corrected chi connectivity index (χ2v) is 5.24. The average Bonchev–Trinajstić information content (AvgIpc) is 1.97. The van der Waals surface area contributed by atoms with Gasteiger partial charge < -0.3 is 0 Å². The number of nitrogens with one attached hydrogen (secondary N) is 2. The molecule has 0 fully saturated rings. The zero-order valence-corrected chi connectivity index (χ0v) is 10.6. The standard InChI is InChI=1S/C8H19N2O4P/c1-6(2)13-15(12,14-7(3)4)10-9-8(5)11/h6-7H,1-5H3,(H,9,11)(H,10,12). The zero-order chi connectivity index (χ0) is 12.1. The SMILES string of the molecule is CC(=O)NNP(=O)(OC(C)C)OC(C)C. The molecule has 2 N–H and O–H groups in total. The Kier molecular flexibility index (Phi) is 6.05. The van der Waals surface area contributed by atoms with Crippen LogP contribution in [0.4, 0.5) is 0 Å². The van der Waals surface area contributed by atoms with Gasteiger partial charge in [-0.3, -0.25) is 19.3 Å². The van der Waals surface area contributed by atoms with Crippen LogP contribution >= 0.6 is 7.75 Å². The van der Waals surface area contributed by atoms with Crippen molar-refractivity contribution in [3.63, 3.8) is 0 Å². The fourth-order valence-corrected chi connectivity index (χ4v) is 2.34. The van der Waals surface area contributed by atoms with E-state index in [-0.39, 0.29) is 18.1 Å². The molecule has 90 valence electrons. The van der Waals surface area contributed by atoms with Gasteiger partial charge in [-0.05, 0) is 27.7 Å². The number of carbonyl (C=O) groups is 1. The molecule has 0 aliphatic carbocycles. The lowest BCUT2D eigenvalue weighted by Crippen LogP contribution is -2.35. The van der Waals surface area contributed by atoms with Crippen molar-refractivity contribution in [1.29, 1.82) is 0 Å². The van der Waals surface area contributed by atoms with Gasteiger partial charge in [0.05, 0.1) is 12.2 Å². The molecule has 0 saturated heterocycles. The monoisotopic (exact) mass is 238 g/mol. The van der Waals surface area contributed by atoms with Gasteiger partial charge in [0.1, 0.15) is 0 Å². The van der Waals surface area contributed by atoms with Gasteiger partial charge in [-0.2, -0.15) is 0 Å².